The van der Waals surface area contributed by atoms with E-state index in [1.165, 1.54) is 0 Å². The molecule has 0 aliphatic heterocycles. The van der Waals surface area contributed by atoms with E-state index in [9.17, 15) is 18.4 Å². The van der Waals surface area contributed by atoms with E-state index in [1.54, 1.807) is 0 Å². The molecule has 0 saturated heterocycles. The molecule has 0 aliphatic carbocycles. The van der Waals surface area contributed by atoms with Crippen molar-refractivity contribution in [2.45, 2.75) is 18.9 Å². The molecule has 2 atom stereocenters. The number of primary amides is 1. The highest BCUT2D eigenvalue weighted by Gasteiger charge is 2.16. The Hall–Kier alpha value is -0.990. The summed E-state index contributed by atoms with van der Waals surface area (Å²) in [4.78, 5) is 20.9. The largest absolute Gasteiger partial charge is 0.740 e. The number of hydrogen-bond donors (Lipinski definition) is 2. The lowest BCUT2D eigenvalue weighted by molar-refractivity contribution is -0.135. The van der Waals surface area contributed by atoms with E-state index >= 15 is 0 Å². The minimum absolute atomic E-state index is 0.0363. The topological polar surface area (TPSA) is 136 Å². The Morgan fingerprint density at radius 1 is 1.54 bits per heavy atom. The Morgan fingerprint density at radius 3 is 2.46 bits per heavy atom. The Morgan fingerprint density at radius 2 is 2.08 bits per heavy atom. The van der Waals surface area contributed by atoms with Crippen LogP contribution in [0.1, 0.15) is 12.8 Å². The molecular weight excluding hydrogens is 200 g/mol. The molecule has 13 heavy (non-hydrogen) atoms. The summed E-state index contributed by atoms with van der Waals surface area (Å²) in [5.41, 5.74) is 9.93. The number of carbonyl (C=O) groups excluding carboxylic acids is 2. The van der Waals surface area contributed by atoms with Crippen LogP contribution in [0.15, 0.2) is 0 Å². The van der Waals surface area contributed by atoms with Crippen molar-refractivity contribution in [2.24, 2.45) is 11.5 Å². The molecule has 0 rings (SSSR count). The SMILES string of the molecule is NC(=O)CC[C@H](N)C(=O)OS(=O)[O-]. The Bertz CT molecular complexity index is 231. The van der Waals surface area contributed by atoms with Crippen molar-refractivity contribution in [3.05, 3.63) is 0 Å². The Balaban J connectivity index is 3.82. The first kappa shape index (κ1) is 12.0. The molecule has 4 N–H and O–H groups in total. The fourth-order valence-corrected chi connectivity index (χ4v) is 0.802. The van der Waals surface area contributed by atoms with Gasteiger partial charge in [0.05, 0.1) is 0 Å². The van der Waals surface area contributed by atoms with Crippen LogP contribution in [-0.4, -0.2) is 26.7 Å². The summed E-state index contributed by atoms with van der Waals surface area (Å²) >= 11 is -2.93. The molecule has 8 heteroatoms. The normalized spacial score (nSPS) is 14.6. The minimum Gasteiger partial charge on any atom is -0.740 e. The van der Waals surface area contributed by atoms with Gasteiger partial charge in [0.25, 0.3) is 0 Å². The predicted molar refractivity (Wildman–Crippen MR) is 41.4 cm³/mol. The fourth-order valence-electron chi connectivity index (χ4n) is 0.544. The molecule has 76 valence electrons. The average Bonchev–Trinajstić information content (AvgIpc) is 1.98. The van der Waals surface area contributed by atoms with Gasteiger partial charge in [-0.3, -0.25) is 4.79 Å². The molecule has 0 heterocycles. The maximum absolute atomic E-state index is 10.7. The van der Waals surface area contributed by atoms with Crippen molar-refractivity contribution < 1.29 is 22.5 Å². The van der Waals surface area contributed by atoms with Gasteiger partial charge in [-0.2, -0.15) is 0 Å². The van der Waals surface area contributed by atoms with E-state index in [-0.39, 0.29) is 12.8 Å². The van der Waals surface area contributed by atoms with Crippen LogP contribution in [0, 0.1) is 0 Å². The molecule has 0 bridgehead atoms. The van der Waals surface area contributed by atoms with Gasteiger partial charge in [0.2, 0.25) is 5.91 Å². The Kier molecular flexibility index (Phi) is 5.19. The number of carbonyl (C=O) groups is 2. The molecule has 0 radical (unpaired) electrons. The van der Waals surface area contributed by atoms with Crippen LogP contribution in [0.2, 0.25) is 0 Å². The lowest BCUT2D eigenvalue weighted by atomic mass is 10.2. The van der Waals surface area contributed by atoms with Crippen LogP contribution in [0.3, 0.4) is 0 Å². The van der Waals surface area contributed by atoms with E-state index in [2.05, 4.69) is 4.18 Å². The quantitative estimate of drug-likeness (QED) is 0.498. The van der Waals surface area contributed by atoms with Crippen LogP contribution in [-0.2, 0) is 25.1 Å². The monoisotopic (exact) mass is 209 g/mol. The standard InChI is InChI=1S/C5H10N2O5S/c6-3(1-2-4(7)8)5(9)12-13(10)11/h3H,1-2,6H2,(H2,7,8)(H,10,11)/p-1/t3-/m0/s1. The lowest BCUT2D eigenvalue weighted by Crippen LogP contribution is -2.33. The first-order chi connectivity index (χ1) is 5.93. The second kappa shape index (κ2) is 5.62. The highest BCUT2D eigenvalue weighted by atomic mass is 32.2. The van der Waals surface area contributed by atoms with Gasteiger partial charge in [-0.1, -0.05) is 0 Å². The zero-order valence-corrected chi connectivity index (χ0v) is 7.41. The van der Waals surface area contributed by atoms with E-state index in [0.717, 1.165) is 0 Å². The highest BCUT2D eigenvalue weighted by molar-refractivity contribution is 7.74. The maximum atomic E-state index is 10.7. The van der Waals surface area contributed by atoms with Crippen LogP contribution >= 0.6 is 0 Å². The molecular formula is C5H9N2O5S-. The van der Waals surface area contributed by atoms with Gasteiger partial charge in [0, 0.05) is 6.42 Å². The second-order valence-electron chi connectivity index (χ2n) is 2.22. The first-order valence-electron chi connectivity index (χ1n) is 3.28. The summed E-state index contributed by atoms with van der Waals surface area (Å²) in [5, 5.41) is 0. The molecule has 0 saturated carbocycles. The maximum Gasteiger partial charge on any atom is 0.336 e. The molecule has 0 aromatic rings. The summed E-state index contributed by atoms with van der Waals surface area (Å²) in [6.07, 6.45) is -0.132. The van der Waals surface area contributed by atoms with Gasteiger partial charge >= 0.3 is 5.97 Å². The molecule has 0 aromatic heterocycles. The lowest BCUT2D eigenvalue weighted by Gasteiger charge is -2.10. The van der Waals surface area contributed by atoms with Crippen molar-refractivity contribution in [1.29, 1.82) is 0 Å². The van der Waals surface area contributed by atoms with Gasteiger partial charge in [0.1, 0.15) is 17.4 Å². The van der Waals surface area contributed by atoms with E-state index in [4.69, 9.17) is 11.5 Å². The molecule has 1 amide bonds. The zero-order valence-electron chi connectivity index (χ0n) is 6.60. The van der Waals surface area contributed by atoms with Crippen molar-refractivity contribution in [3.63, 3.8) is 0 Å². The van der Waals surface area contributed by atoms with Gasteiger partial charge < -0.3 is 20.2 Å². The third-order valence-corrected chi connectivity index (χ3v) is 1.46. The molecule has 7 nitrogen and oxygen atoms in total. The smallest absolute Gasteiger partial charge is 0.336 e. The number of hydrogen-bond acceptors (Lipinski definition) is 6. The minimum atomic E-state index is -2.93. The Labute approximate surface area is 76.9 Å². The van der Waals surface area contributed by atoms with Crippen LogP contribution < -0.4 is 11.5 Å². The van der Waals surface area contributed by atoms with Gasteiger partial charge in [0.15, 0.2) is 0 Å². The van der Waals surface area contributed by atoms with Crippen LogP contribution in [0.25, 0.3) is 0 Å². The van der Waals surface area contributed by atoms with Crippen LogP contribution in [0.4, 0.5) is 0 Å². The first-order valence-corrected chi connectivity index (χ1v) is 4.28. The summed E-state index contributed by atoms with van der Waals surface area (Å²) in [7, 11) is 0. The molecule has 0 spiro atoms. The third kappa shape index (κ3) is 6.20. The van der Waals surface area contributed by atoms with Gasteiger partial charge in [-0.15, -0.1) is 0 Å². The summed E-state index contributed by atoms with van der Waals surface area (Å²) in [6, 6.07) is -1.15. The van der Waals surface area contributed by atoms with Gasteiger partial charge in [-0.05, 0) is 6.42 Å². The van der Waals surface area contributed by atoms with E-state index < -0.39 is 29.3 Å². The summed E-state index contributed by atoms with van der Waals surface area (Å²) in [6.45, 7) is 0. The highest BCUT2D eigenvalue weighted by Crippen LogP contribution is 1.97. The summed E-state index contributed by atoms with van der Waals surface area (Å²) in [5.74, 6) is -1.72. The van der Waals surface area contributed by atoms with Crippen molar-refractivity contribution in [1.82, 2.24) is 0 Å². The van der Waals surface area contributed by atoms with Crippen molar-refractivity contribution >= 4 is 23.2 Å². The molecule has 0 fully saturated rings. The van der Waals surface area contributed by atoms with E-state index in [1.807, 2.05) is 0 Å². The average molecular weight is 209 g/mol. The second-order valence-corrected chi connectivity index (χ2v) is 2.79. The van der Waals surface area contributed by atoms with Crippen molar-refractivity contribution in [2.75, 3.05) is 0 Å². The zero-order chi connectivity index (χ0) is 10.4. The number of rotatable bonds is 5. The predicted octanol–water partition coefficient (Wildman–Crippen LogP) is -2.08. The van der Waals surface area contributed by atoms with Crippen LogP contribution in [0.5, 0.6) is 0 Å². The molecule has 1 unspecified atom stereocenters. The van der Waals surface area contributed by atoms with Crippen molar-refractivity contribution in [3.8, 4) is 0 Å². The summed E-state index contributed by atoms with van der Waals surface area (Å²) < 4.78 is 23.5. The fraction of sp³-hybridized carbons (Fsp3) is 0.600. The molecule has 0 aliphatic rings. The number of nitrogens with two attached hydrogens (primary N) is 2. The molecule has 0 aromatic carbocycles. The van der Waals surface area contributed by atoms with Gasteiger partial charge in [-0.25, -0.2) is 9.00 Å². The number of amides is 1. The third-order valence-electron chi connectivity index (χ3n) is 1.15. The van der Waals surface area contributed by atoms with E-state index in [0.29, 0.717) is 0 Å².